The van der Waals surface area contributed by atoms with Gasteiger partial charge in [-0.15, -0.1) is 0 Å². The van der Waals surface area contributed by atoms with Crippen LogP contribution in [0.5, 0.6) is 11.6 Å². The number of hydrogen-bond donors (Lipinski definition) is 0. The summed E-state index contributed by atoms with van der Waals surface area (Å²) in [6.45, 7) is 8.90. The van der Waals surface area contributed by atoms with Crippen LogP contribution in [-0.4, -0.2) is 16.7 Å². The van der Waals surface area contributed by atoms with Crippen LogP contribution in [-0.2, 0) is 5.41 Å². The Hall–Kier alpha value is -4.18. The average molecular weight is 480 g/mol. The van der Waals surface area contributed by atoms with Crippen LogP contribution in [0.15, 0.2) is 103 Å². The number of aryl methyl sites for hydroxylation is 1. The minimum Gasteiger partial charge on any atom is -0.439 e. The fourth-order valence-corrected chi connectivity index (χ4v) is 5.20. The van der Waals surface area contributed by atoms with E-state index in [1.165, 1.54) is 27.6 Å². The highest BCUT2D eigenvalue weighted by molar-refractivity contribution is 6.98. The number of rotatable bonds is 4. The summed E-state index contributed by atoms with van der Waals surface area (Å²) >= 11 is 0. The summed E-state index contributed by atoms with van der Waals surface area (Å²) in [7, 11) is 0. The Morgan fingerprint density at radius 1 is 0.676 bits per heavy atom. The number of aromatic nitrogens is 2. The van der Waals surface area contributed by atoms with Gasteiger partial charge in [0.2, 0.25) is 5.88 Å². The van der Waals surface area contributed by atoms with Gasteiger partial charge in [-0.05, 0) is 76.1 Å². The van der Waals surface area contributed by atoms with Crippen molar-refractivity contribution in [3.63, 3.8) is 0 Å². The number of ether oxygens (including phenoxy) is 1. The number of hydrogen-bond acceptors (Lipinski definition) is 3. The first kappa shape index (κ1) is 23.2. The molecule has 180 valence electrons. The molecule has 0 radical (unpaired) electrons. The van der Waals surface area contributed by atoms with Crippen LogP contribution >= 0.6 is 0 Å². The van der Waals surface area contributed by atoms with Crippen molar-refractivity contribution in [3.8, 4) is 33.9 Å². The molecule has 0 fully saturated rings. The molecule has 1 aliphatic rings. The normalized spacial score (nSPS) is 12.3. The largest absolute Gasteiger partial charge is 0.439 e. The first-order chi connectivity index (χ1) is 17.9. The van der Waals surface area contributed by atoms with E-state index in [0.29, 0.717) is 5.88 Å². The van der Waals surface area contributed by atoms with Crippen molar-refractivity contribution in [1.29, 1.82) is 0 Å². The molecule has 0 spiro atoms. The molecule has 0 aliphatic carbocycles. The van der Waals surface area contributed by atoms with Gasteiger partial charge in [-0.1, -0.05) is 86.3 Å². The number of fused-ring (bicyclic) bond motifs is 3. The second-order valence-electron chi connectivity index (χ2n) is 10.8. The van der Waals surface area contributed by atoms with Gasteiger partial charge < -0.3 is 4.74 Å². The Bertz CT molecular complexity index is 1620. The van der Waals surface area contributed by atoms with Crippen molar-refractivity contribution in [2.24, 2.45) is 0 Å². The molecule has 0 unspecified atom stereocenters. The highest BCUT2D eigenvalue weighted by Gasteiger charge is 2.35. The Morgan fingerprint density at radius 2 is 1.46 bits per heavy atom. The molecule has 5 aromatic rings. The van der Waals surface area contributed by atoms with Crippen molar-refractivity contribution in [2.45, 2.75) is 33.1 Å². The van der Waals surface area contributed by atoms with Crippen LogP contribution in [0.25, 0.3) is 22.3 Å². The minimum absolute atomic E-state index is 0.0626. The molecule has 37 heavy (non-hydrogen) atoms. The third-order valence-electron chi connectivity index (χ3n) is 7.15. The third-order valence-corrected chi connectivity index (χ3v) is 7.15. The smallest absolute Gasteiger partial charge is 0.266 e. The fourth-order valence-electron chi connectivity index (χ4n) is 5.20. The number of benzene rings is 3. The van der Waals surface area contributed by atoms with E-state index >= 15 is 0 Å². The topological polar surface area (TPSA) is 35.0 Å². The summed E-state index contributed by atoms with van der Waals surface area (Å²) in [5, 5.41) is 0. The Morgan fingerprint density at radius 3 is 2.30 bits per heavy atom. The first-order valence-corrected chi connectivity index (χ1v) is 12.8. The molecular formula is C33H29BN2O. The average Bonchev–Trinajstić information content (AvgIpc) is 3.22. The molecule has 4 heteroatoms. The molecule has 0 saturated heterocycles. The molecule has 0 N–H and O–H groups in total. The van der Waals surface area contributed by atoms with Crippen LogP contribution in [0.3, 0.4) is 0 Å². The van der Waals surface area contributed by atoms with Crippen molar-refractivity contribution in [2.75, 3.05) is 0 Å². The van der Waals surface area contributed by atoms with E-state index in [1.807, 2.05) is 37.4 Å². The van der Waals surface area contributed by atoms with Gasteiger partial charge in [0.25, 0.3) is 6.71 Å². The summed E-state index contributed by atoms with van der Waals surface area (Å²) < 4.78 is 6.08. The predicted octanol–water partition coefficient (Wildman–Crippen LogP) is 6.04. The molecule has 3 nitrogen and oxygen atoms in total. The summed E-state index contributed by atoms with van der Waals surface area (Å²) in [4.78, 5) is 9.22. The van der Waals surface area contributed by atoms with Gasteiger partial charge in [-0.3, -0.25) is 4.98 Å². The standard InChI is InChI=1S/C33H29BN2O/c1-22-14-16-36-32(18-22)37-26-9-7-8-23(19-26)24-12-13-28-27-10-5-6-11-29(27)34(30(28)20-24)31-21-25(15-17-35-31)33(2,3)4/h5-21H,1-4H3. The van der Waals surface area contributed by atoms with Crippen LogP contribution < -0.4 is 21.3 Å². The van der Waals surface area contributed by atoms with Gasteiger partial charge in [0.15, 0.2) is 0 Å². The van der Waals surface area contributed by atoms with Gasteiger partial charge in [-0.25, -0.2) is 4.98 Å². The highest BCUT2D eigenvalue weighted by atomic mass is 16.5. The van der Waals surface area contributed by atoms with Crippen LogP contribution in [0, 0.1) is 6.92 Å². The maximum atomic E-state index is 6.08. The fraction of sp³-hybridized carbons (Fsp3) is 0.152. The SMILES string of the molecule is Cc1ccnc(Oc2cccc(-c3ccc4c(c3)B(c3cc(C(C)(C)C)ccn3)c3ccccc3-4)c2)c1. The maximum Gasteiger partial charge on any atom is 0.266 e. The summed E-state index contributed by atoms with van der Waals surface area (Å²) in [5.41, 5.74) is 11.0. The van der Waals surface area contributed by atoms with E-state index in [1.54, 1.807) is 6.20 Å². The molecular weight excluding hydrogens is 451 g/mol. The zero-order valence-corrected chi connectivity index (χ0v) is 21.7. The van der Waals surface area contributed by atoms with Gasteiger partial charge in [0.1, 0.15) is 5.75 Å². The van der Waals surface area contributed by atoms with Crippen molar-refractivity contribution in [1.82, 2.24) is 9.97 Å². The predicted molar refractivity (Wildman–Crippen MR) is 154 cm³/mol. The van der Waals surface area contributed by atoms with E-state index in [0.717, 1.165) is 28.0 Å². The molecule has 0 amide bonds. The first-order valence-electron chi connectivity index (χ1n) is 12.8. The Balaban J connectivity index is 1.42. The molecule has 0 saturated carbocycles. The van der Waals surface area contributed by atoms with E-state index in [-0.39, 0.29) is 12.1 Å². The summed E-state index contributed by atoms with van der Waals surface area (Å²) in [6.07, 6.45) is 3.73. The van der Waals surface area contributed by atoms with E-state index in [4.69, 9.17) is 9.72 Å². The van der Waals surface area contributed by atoms with Gasteiger partial charge >= 0.3 is 0 Å². The van der Waals surface area contributed by atoms with Crippen molar-refractivity contribution >= 4 is 23.2 Å². The van der Waals surface area contributed by atoms with E-state index < -0.39 is 0 Å². The van der Waals surface area contributed by atoms with Crippen LogP contribution in [0.4, 0.5) is 0 Å². The molecule has 0 bridgehead atoms. The van der Waals surface area contributed by atoms with Gasteiger partial charge in [0, 0.05) is 24.1 Å². The highest BCUT2D eigenvalue weighted by Crippen LogP contribution is 2.30. The number of pyridine rings is 2. The molecule has 2 aromatic heterocycles. The third kappa shape index (κ3) is 4.44. The minimum atomic E-state index is 0.0626. The van der Waals surface area contributed by atoms with Crippen LogP contribution in [0.1, 0.15) is 31.9 Å². The van der Waals surface area contributed by atoms with E-state index in [2.05, 4.69) is 92.5 Å². The Labute approximate surface area is 219 Å². The molecule has 0 atom stereocenters. The summed E-state index contributed by atoms with van der Waals surface area (Å²) in [6, 6.07) is 32.1. The lowest BCUT2D eigenvalue weighted by atomic mass is 9.40. The van der Waals surface area contributed by atoms with Crippen molar-refractivity contribution < 1.29 is 4.74 Å². The zero-order valence-electron chi connectivity index (χ0n) is 21.7. The molecule has 1 aliphatic heterocycles. The second kappa shape index (κ2) is 9.04. The molecule has 3 aromatic carbocycles. The monoisotopic (exact) mass is 480 g/mol. The lowest BCUT2D eigenvalue weighted by molar-refractivity contribution is 0.462. The second-order valence-corrected chi connectivity index (χ2v) is 10.8. The lowest BCUT2D eigenvalue weighted by Crippen LogP contribution is -2.50. The lowest BCUT2D eigenvalue weighted by Gasteiger charge is -2.20. The number of nitrogens with zero attached hydrogens (tertiary/aromatic N) is 2. The van der Waals surface area contributed by atoms with Crippen LogP contribution in [0.2, 0.25) is 0 Å². The molecule has 3 heterocycles. The quantitative estimate of drug-likeness (QED) is 0.289. The Kier molecular flexibility index (Phi) is 5.68. The zero-order chi connectivity index (χ0) is 25.6. The molecule has 6 rings (SSSR count). The maximum absolute atomic E-state index is 6.08. The van der Waals surface area contributed by atoms with Crippen molar-refractivity contribution in [3.05, 3.63) is 115 Å². The van der Waals surface area contributed by atoms with Gasteiger partial charge in [0.05, 0.1) is 0 Å². The summed E-state index contributed by atoms with van der Waals surface area (Å²) in [5.74, 6) is 1.38. The van der Waals surface area contributed by atoms with Gasteiger partial charge in [-0.2, -0.15) is 0 Å². The van der Waals surface area contributed by atoms with E-state index in [9.17, 15) is 0 Å².